The van der Waals surface area contributed by atoms with Gasteiger partial charge in [-0.15, -0.1) is 9.78 Å². The van der Waals surface area contributed by atoms with Crippen molar-refractivity contribution in [2.45, 2.75) is 6.10 Å². The van der Waals surface area contributed by atoms with Crippen LogP contribution in [0.4, 0.5) is 0 Å². The topological polar surface area (TPSA) is 60.3 Å². The van der Waals surface area contributed by atoms with E-state index in [0.29, 0.717) is 10.5 Å². The molecule has 0 spiro atoms. The quantitative estimate of drug-likeness (QED) is 0.179. The van der Waals surface area contributed by atoms with Gasteiger partial charge in [0.15, 0.2) is 10.5 Å². The molecule has 0 bridgehead atoms. The highest BCUT2D eigenvalue weighted by Crippen LogP contribution is 2.21. The first-order valence-corrected chi connectivity index (χ1v) is 2.29. The molecule has 0 radical (unpaired) electrons. The lowest BCUT2D eigenvalue weighted by molar-refractivity contribution is 0.0777. The fraction of sp³-hybridized carbons (Fsp3) is 1.00. The molecule has 1 aliphatic rings. The van der Waals surface area contributed by atoms with Crippen LogP contribution in [0.15, 0.2) is 0 Å². The SMILES string of the molecule is NC1(O[SiH3])OO1. The van der Waals surface area contributed by atoms with Crippen LogP contribution in [-0.2, 0) is 14.2 Å². The molecule has 1 saturated heterocycles. The van der Waals surface area contributed by atoms with Gasteiger partial charge >= 0.3 is 6.10 Å². The third-order valence-electron chi connectivity index (χ3n) is 0.532. The smallest absolute Gasteiger partial charge is 0.364 e. The Morgan fingerprint density at radius 2 is 2.17 bits per heavy atom. The minimum atomic E-state index is -1.15. The molecule has 6 heavy (non-hydrogen) atoms. The molecule has 36 valence electrons. The summed E-state index contributed by atoms with van der Waals surface area (Å²) in [6, 6.07) is 0. The summed E-state index contributed by atoms with van der Waals surface area (Å²) < 4.78 is 4.52. The zero-order chi connectivity index (χ0) is 4.62. The first kappa shape index (κ1) is 4.22. The van der Waals surface area contributed by atoms with Crippen molar-refractivity contribution < 1.29 is 14.2 Å². The zero-order valence-corrected chi connectivity index (χ0v) is 5.30. The van der Waals surface area contributed by atoms with Crippen LogP contribution in [0.25, 0.3) is 0 Å². The van der Waals surface area contributed by atoms with E-state index in [2.05, 4.69) is 14.2 Å². The van der Waals surface area contributed by atoms with Gasteiger partial charge in [0, 0.05) is 0 Å². The van der Waals surface area contributed by atoms with E-state index >= 15 is 0 Å². The van der Waals surface area contributed by atoms with Crippen LogP contribution < -0.4 is 5.73 Å². The molecular formula is CH5NO3Si. The van der Waals surface area contributed by atoms with E-state index in [0.717, 1.165) is 0 Å². The highest BCUT2D eigenvalue weighted by Gasteiger charge is 2.44. The van der Waals surface area contributed by atoms with Crippen LogP contribution in [-0.4, -0.2) is 16.6 Å². The predicted octanol–water partition coefficient (Wildman–Crippen LogP) is -2.18. The largest absolute Gasteiger partial charge is 0.392 e. The minimum Gasteiger partial charge on any atom is -0.364 e. The highest BCUT2D eigenvalue weighted by molar-refractivity contribution is 5.98. The summed E-state index contributed by atoms with van der Waals surface area (Å²) in [6.45, 7) is 0. The highest BCUT2D eigenvalue weighted by atomic mass is 28.2. The molecule has 0 aliphatic carbocycles. The maximum atomic E-state index is 5.01. The monoisotopic (exact) mass is 107 g/mol. The average Bonchev–Trinajstić information content (AvgIpc) is 2.22. The van der Waals surface area contributed by atoms with Crippen LogP contribution in [0.1, 0.15) is 0 Å². The van der Waals surface area contributed by atoms with E-state index in [1.54, 1.807) is 0 Å². The van der Waals surface area contributed by atoms with Crippen LogP contribution >= 0.6 is 0 Å². The molecule has 0 aromatic rings. The van der Waals surface area contributed by atoms with E-state index < -0.39 is 6.10 Å². The van der Waals surface area contributed by atoms with Gasteiger partial charge < -0.3 is 4.43 Å². The van der Waals surface area contributed by atoms with Gasteiger partial charge in [0.25, 0.3) is 0 Å². The minimum absolute atomic E-state index is 0.535. The molecule has 0 amide bonds. The van der Waals surface area contributed by atoms with Crippen LogP contribution in [0.3, 0.4) is 0 Å². The third-order valence-corrected chi connectivity index (χ3v) is 1.10. The van der Waals surface area contributed by atoms with Crippen molar-refractivity contribution in [1.29, 1.82) is 0 Å². The second-order valence-corrected chi connectivity index (χ2v) is 1.38. The molecule has 0 saturated carbocycles. The Hall–Kier alpha value is 0.0569. The Balaban J connectivity index is 2.28. The fourth-order valence-corrected chi connectivity index (χ4v) is 0.245. The van der Waals surface area contributed by atoms with Gasteiger partial charge in [-0.1, -0.05) is 0 Å². The van der Waals surface area contributed by atoms with E-state index in [-0.39, 0.29) is 0 Å². The summed E-state index contributed by atoms with van der Waals surface area (Å²) in [5.74, 6) is 0. The van der Waals surface area contributed by atoms with E-state index in [9.17, 15) is 0 Å². The molecule has 0 unspecified atom stereocenters. The molecule has 1 fully saturated rings. The van der Waals surface area contributed by atoms with E-state index in [1.807, 2.05) is 0 Å². The summed E-state index contributed by atoms with van der Waals surface area (Å²) >= 11 is 0. The van der Waals surface area contributed by atoms with Crippen LogP contribution in [0.2, 0.25) is 0 Å². The Labute approximate surface area is 37.6 Å². The maximum Gasteiger partial charge on any atom is 0.392 e. The number of hydrogen-bond acceptors (Lipinski definition) is 4. The van der Waals surface area contributed by atoms with Gasteiger partial charge in [-0.3, -0.25) is 5.73 Å². The van der Waals surface area contributed by atoms with Crippen molar-refractivity contribution in [2.75, 3.05) is 0 Å². The van der Waals surface area contributed by atoms with Gasteiger partial charge in [0.2, 0.25) is 0 Å². The molecule has 4 nitrogen and oxygen atoms in total. The van der Waals surface area contributed by atoms with E-state index in [4.69, 9.17) is 5.73 Å². The van der Waals surface area contributed by atoms with Gasteiger partial charge in [-0.25, -0.2) is 0 Å². The Kier molecular flexibility index (Phi) is 0.714. The van der Waals surface area contributed by atoms with Crippen LogP contribution in [0.5, 0.6) is 0 Å². The Bertz CT molecular complexity index is 61.8. The second-order valence-electron chi connectivity index (χ2n) is 0.974. The van der Waals surface area contributed by atoms with Crippen molar-refractivity contribution >= 4 is 10.5 Å². The Morgan fingerprint density at radius 3 is 2.17 bits per heavy atom. The van der Waals surface area contributed by atoms with Gasteiger partial charge in [-0.2, -0.15) is 0 Å². The van der Waals surface area contributed by atoms with E-state index in [1.165, 1.54) is 0 Å². The van der Waals surface area contributed by atoms with Gasteiger partial charge in [-0.05, 0) is 0 Å². The van der Waals surface area contributed by atoms with Crippen molar-refractivity contribution in [2.24, 2.45) is 5.73 Å². The summed E-state index contributed by atoms with van der Waals surface area (Å²) in [7, 11) is 0.535. The third kappa shape index (κ3) is 0.584. The van der Waals surface area contributed by atoms with Crippen molar-refractivity contribution in [3.63, 3.8) is 0 Å². The summed E-state index contributed by atoms with van der Waals surface area (Å²) in [5.41, 5.74) is 5.01. The molecular weight excluding hydrogens is 102 g/mol. The molecule has 0 atom stereocenters. The van der Waals surface area contributed by atoms with Gasteiger partial charge in [0.05, 0.1) is 0 Å². The summed E-state index contributed by atoms with van der Waals surface area (Å²) in [4.78, 5) is 8.27. The lowest BCUT2D eigenvalue weighted by atomic mass is 11.1. The molecule has 5 heteroatoms. The fourth-order valence-electron chi connectivity index (χ4n) is 0.109. The molecule has 2 N–H and O–H groups in total. The molecule has 1 heterocycles. The standard InChI is InChI=1S/CH5NO3Si/c2-1(5-6)3-4-1/h2H2,6H3. The molecule has 0 aromatic carbocycles. The molecule has 1 rings (SSSR count). The number of hydrogen-bond donors (Lipinski definition) is 1. The second kappa shape index (κ2) is 1.01. The molecule has 0 aromatic heterocycles. The molecule has 1 aliphatic heterocycles. The zero-order valence-electron chi connectivity index (χ0n) is 3.30. The Morgan fingerprint density at radius 1 is 1.67 bits per heavy atom. The average molecular weight is 107 g/mol. The van der Waals surface area contributed by atoms with Gasteiger partial charge in [0.1, 0.15) is 0 Å². The summed E-state index contributed by atoms with van der Waals surface area (Å²) in [5, 5.41) is 0. The maximum absolute atomic E-state index is 5.01. The number of rotatable bonds is 1. The lowest BCUT2D eigenvalue weighted by Crippen LogP contribution is -2.25. The predicted molar refractivity (Wildman–Crippen MR) is 20.1 cm³/mol. The number of nitrogens with two attached hydrogens (primary N) is 1. The summed E-state index contributed by atoms with van der Waals surface area (Å²) in [6.07, 6.45) is -1.15. The first-order valence-electron chi connectivity index (χ1n) is 1.48. The normalized spacial score (nSPS) is 27.5. The lowest BCUT2D eigenvalue weighted by Gasteiger charge is -1.90. The van der Waals surface area contributed by atoms with Crippen molar-refractivity contribution in [3.05, 3.63) is 0 Å². The first-order chi connectivity index (χ1) is 2.77. The van der Waals surface area contributed by atoms with Crippen molar-refractivity contribution in [1.82, 2.24) is 0 Å². The van der Waals surface area contributed by atoms with Crippen molar-refractivity contribution in [3.8, 4) is 0 Å². The van der Waals surface area contributed by atoms with Crippen LogP contribution in [0, 0.1) is 0 Å².